The van der Waals surface area contributed by atoms with Gasteiger partial charge in [0.25, 0.3) is 0 Å². The van der Waals surface area contributed by atoms with Crippen molar-refractivity contribution in [2.24, 2.45) is 0 Å². The monoisotopic (exact) mass is 493 g/mol. The molecule has 160 valence electrons. The van der Waals surface area contributed by atoms with E-state index in [-0.39, 0.29) is 4.90 Å². The predicted molar refractivity (Wildman–Crippen MR) is 118 cm³/mol. The zero-order valence-electron chi connectivity index (χ0n) is 16.8. The minimum atomic E-state index is -3.56. The first-order valence-corrected chi connectivity index (χ1v) is 12.2. The third kappa shape index (κ3) is 4.25. The fourth-order valence-electron chi connectivity index (χ4n) is 3.54. The summed E-state index contributed by atoms with van der Waals surface area (Å²) in [6.45, 7) is 4.75. The lowest BCUT2D eigenvalue weighted by molar-refractivity contribution is 0.0730. The number of rotatable bonds is 7. The maximum Gasteiger partial charge on any atom is 0.243 e. The van der Waals surface area contributed by atoms with Crippen molar-refractivity contribution >= 4 is 37.0 Å². The van der Waals surface area contributed by atoms with Crippen molar-refractivity contribution in [1.82, 2.24) is 13.9 Å². The largest absolute Gasteiger partial charge is 0.484 e. The number of para-hydroxylation sites is 1. The van der Waals surface area contributed by atoms with Gasteiger partial charge in [0.1, 0.15) is 18.2 Å². The average Bonchev–Trinajstić information content (AvgIpc) is 3.11. The van der Waals surface area contributed by atoms with Crippen molar-refractivity contribution in [2.45, 2.75) is 31.4 Å². The smallest absolute Gasteiger partial charge is 0.243 e. The van der Waals surface area contributed by atoms with Gasteiger partial charge in [-0.05, 0) is 52.7 Å². The number of fused-ring (bicyclic) bond motifs is 1. The fourth-order valence-corrected chi connectivity index (χ4v) is 5.37. The number of imidazole rings is 1. The van der Waals surface area contributed by atoms with Gasteiger partial charge in [-0.25, -0.2) is 13.4 Å². The number of aryl methyl sites for hydroxylation is 1. The highest BCUT2D eigenvalue weighted by atomic mass is 79.9. The van der Waals surface area contributed by atoms with Crippen LogP contribution in [0, 0.1) is 0 Å². The summed E-state index contributed by atoms with van der Waals surface area (Å²) in [6, 6.07) is 12.8. The van der Waals surface area contributed by atoms with E-state index >= 15 is 0 Å². The van der Waals surface area contributed by atoms with Gasteiger partial charge in [-0.3, -0.25) is 0 Å². The summed E-state index contributed by atoms with van der Waals surface area (Å²) in [5, 5.41) is 0. The molecule has 2 heterocycles. The third-order valence-electron chi connectivity index (χ3n) is 5.05. The van der Waals surface area contributed by atoms with Crippen LogP contribution < -0.4 is 4.74 Å². The normalized spacial score (nSPS) is 15.5. The van der Waals surface area contributed by atoms with Crippen molar-refractivity contribution in [3.05, 3.63) is 52.8 Å². The summed E-state index contributed by atoms with van der Waals surface area (Å²) < 4.78 is 41.7. The lowest BCUT2D eigenvalue weighted by atomic mass is 10.3. The van der Waals surface area contributed by atoms with E-state index < -0.39 is 10.0 Å². The SMILES string of the molecule is CCCn1c(COc2ccccc2Br)nc2cc(S(=O)(=O)N3CCOCC3)ccc21. The molecule has 0 spiro atoms. The van der Waals surface area contributed by atoms with Crippen LogP contribution in [0.4, 0.5) is 0 Å². The molecule has 1 aliphatic heterocycles. The summed E-state index contributed by atoms with van der Waals surface area (Å²) in [6.07, 6.45) is 0.932. The highest BCUT2D eigenvalue weighted by Gasteiger charge is 2.27. The first-order valence-electron chi connectivity index (χ1n) is 9.95. The molecule has 0 radical (unpaired) electrons. The van der Waals surface area contributed by atoms with E-state index in [1.807, 2.05) is 30.3 Å². The van der Waals surface area contributed by atoms with Crippen LogP contribution in [0.3, 0.4) is 0 Å². The molecule has 0 unspecified atom stereocenters. The van der Waals surface area contributed by atoms with Crippen LogP contribution >= 0.6 is 15.9 Å². The second-order valence-corrected chi connectivity index (χ2v) is 9.86. The number of sulfonamides is 1. The first-order chi connectivity index (χ1) is 14.5. The molecule has 0 saturated carbocycles. The van der Waals surface area contributed by atoms with Gasteiger partial charge in [0.2, 0.25) is 10.0 Å². The van der Waals surface area contributed by atoms with Gasteiger partial charge in [0, 0.05) is 19.6 Å². The minimum Gasteiger partial charge on any atom is -0.484 e. The van der Waals surface area contributed by atoms with Crippen molar-refractivity contribution in [3.63, 3.8) is 0 Å². The Kier molecular flexibility index (Phi) is 6.43. The number of ether oxygens (including phenoxy) is 2. The number of morpholine rings is 1. The first kappa shape index (κ1) is 21.3. The summed E-state index contributed by atoms with van der Waals surface area (Å²) in [7, 11) is -3.56. The minimum absolute atomic E-state index is 0.260. The molecule has 3 aromatic rings. The molecule has 0 N–H and O–H groups in total. The third-order valence-corrected chi connectivity index (χ3v) is 7.60. The van der Waals surface area contributed by atoms with Gasteiger partial charge in [-0.2, -0.15) is 4.31 Å². The molecule has 2 aromatic carbocycles. The maximum absolute atomic E-state index is 13.0. The summed E-state index contributed by atoms with van der Waals surface area (Å²) in [4.78, 5) is 4.97. The number of halogens is 1. The quantitative estimate of drug-likeness (QED) is 0.500. The van der Waals surface area contributed by atoms with E-state index in [9.17, 15) is 8.42 Å². The lowest BCUT2D eigenvalue weighted by Gasteiger charge is -2.26. The van der Waals surface area contributed by atoms with Crippen LogP contribution in [0.2, 0.25) is 0 Å². The van der Waals surface area contributed by atoms with Gasteiger partial charge >= 0.3 is 0 Å². The standard InChI is InChI=1S/C21H24BrN3O4S/c1-2-9-25-19-8-7-16(30(26,27)24-10-12-28-13-11-24)14-18(19)23-21(25)15-29-20-6-4-3-5-17(20)22/h3-8,14H,2,9-13,15H2,1H3. The fraction of sp³-hybridized carbons (Fsp3) is 0.381. The topological polar surface area (TPSA) is 73.7 Å². The second kappa shape index (κ2) is 9.05. The number of hydrogen-bond donors (Lipinski definition) is 0. The van der Waals surface area contributed by atoms with Crippen molar-refractivity contribution in [2.75, 3.05) is 26.3 Å². The van der Waals surface area contributed by atoms with E-state index in [0.717, 1.165) is 34.5 Å². The van der Waals surface area contributed by atoms with Gasteiger partial charge < -0.3 is 14.0 Å². The Balaban J connectivity index is 1.66. The molecule has 1 aromatic heterocycles. The van der Waals surface area contributed by atoms with Crippen molar-refractivity contribution in [3.8, 4) is 5.75 Å². The molecule has 0 amide bonds. The van der Waals surface area contributed by atoms with E-state index in [2.05, 4.69) is 27.4 Å². The summed E-state index contributed by atoms with van der Waals surface area (Å²) in [5.41, 5.74) is 1.56. The number of hydrogen-bond acceptors (Lipinski definition) is 5. The molecule has 4 rings (SSSR count). The van der Waals surface area contributed by atoms with Gasteiger partial charge in [-0.15, -0.1) is 0 Å². The highest BCUT2D eigenvalue weighted by molar-refractivity contribution is 9.10. The van der Waals surface area contributed by atoms with E-state index in [0.29, 0.717) is 38.4 Å². The van der Waals surface area contributed by atoms with Crippen LogP contribution in [0.25, 0.3) is 11.0 Å². The molecule has 1 saturated heterocycles. The Labute approximate surface area is 184 Å². The summed E-state index contributed by atoms with van der Waals surface area (Å²) in [5.74, 6) is 1.51. The predicted octanol–water partition coefficient (Wildman–Crippen LogP) is 3.81. The Morgan fingerprint density at radius 2 is 1.93 bits per heavy atom. The van der Waals surface area contributed by atoms with Gasteiger partial charge in [0.05, 0.1) is 33.6 Å². The molecular weight excluding hydrogens is 470 g/mol. The second-order valence-electron chi connectivity index (χ2n) is 7.07. The van der Waals surface area contributed by atoms with E-state index in [1.54, 1.807) is 12.1 Å². The lowest BCUT2D eigenvalue weighted by Crippen LogP contribution is -2.40. The number of nitrogens with zero attached hydrogens (tertiary/aromatic N) is 3. The van der Waals surface area contributed by atoms with E-state index in [1.165, 1.54) is 4.31 Å². The summed E-state index contributed by atoms with van der Waals surface area (Å²) >= 11 is 3.49. The van der Waals surface area contributed by atoms with Crippen LogP contribution in [0.1, 0.15) is 19.2 Å². The van der Waals surface area contributed by atoms with Crippen LogP contribution in [-0.4, -0.2) is 48.6 Å². The maximum atomic E-state index is 13.0. The Morgan fingerprint density at radius 1 is 1.17 bits per heavy atom. The Bertz CT molecular complexity index is 1140. The Hall–Kier alpha value is -1.94. The molecule has 0 bridgehead atoms. The molecule has 1 fully saturated rings. The van der Waals surface area contributed by atoms with Gasteiger partial charge in [0.15, 0.2) is 0 Å². The molecule has 1 aliphatic rings. The average molecular weight is 494 g/mol. The molecule has 7 nitrogen and oxygen atoms in total. The van der Waals surface area contributed by atoms with E-state index in [4.69, 9.17) is 14.5 Å². The molecule has 9 heteroatoms. The Morgan fingerprint density at radius 3 is 2.67 bits per heavy atom. The van der Waals surface area contributed by atoms with Crippen molar-refractivity contribution in [1.29, 1.82) is 0 Å². The zero-order valence-corrected chi connectivity index (χ0v) is 19.2. The molecule has 0 aliphatic carbocycles. The van der Waals surface area contributed by atoms with Crippen LogP contribution in [0.15, 0.2) is 51.8 Å². The molecular formula is C21H24BrN3O4S. The number of benzene rings is 2. The number of aromatic nitrogens is 2. The van der Waals surface area contributed by atoms with Crippen molar-refractivity contribution < 1.29 is 17.9 Å². The van der Waals surface area contributed by atoms with Crippen LogP contribution in [-0.2, 0) is 27.9 Å². The van der Waals surface area contributed by atoms with Gasteiger partial charge in [-0.1, -0.05) is 19.1 Å². The zero-order chi connectivity index (χ0) is 21.1. The molecule has 0 atom stereocenters. The molecule has 30 heavy (non-hydrogen) atoms. The van der Waals surface area contributed by atoms with Crippen LogP contribution in [0.5, 0.6) is 5.75 Å². The highest BCUT2D eigenvalue weighted by Crippen LogP contribution is 2.27.